The second-order valence-corrected chi connectivity index (χ2v) is 8.30. The summed E-state index contributed by atoms with van der Waals surface area (Å²) in [5, 5.41) is 1.88. The van der Waals surface area contributed by atoms with Crippen LogP contribution in [-0.4, -0.2) is 25.3 Å². The first-order valence-corrected chi connectivity index (χ1v) is 11.4. The minimum absolute atomic E-state index is 0.0309. The fourth-order valence-corrected chi connectivity index (χ4v) is 3.79. The van der Waals surface area contributed by atoms with Crippen molar-refractivity contribution in [2.24, 2.45) is 0 Å². The maximum absolute atomic E-state index is 12.2. The highest BCUT2D eigenvalue weighted by molar-refractivity contribution is 9.10. The molecule has 0 aliphatic rings. The van der Waals surface area contributed by atoms with Gasteiger partial charge in [-0.2, -0.15) is 0 Å². The van der Waals surface area contributed by atoms with Gasteiger partial charge in [-0.3, -0.25) is 9.59 Å². The highest BCUT2D eigenvalue weighted by atomic mass is 79.9. The van der Waals surface area contributed by atoms with Gasteiger partial charge < -0.3 is 9.47 Å². The number of ketones is 1. The monoisotopic (exact) mass is 496 g/mol. The lowest BCUT2D eigenvalue weighted by Crippen LogP contribution is -2.06. The van der Waals surface area contributed by atoms with Crippen molar-refractivity contribution in [3.8, 4) is 11.5 Å². The molecule has 31 heavy (non-hydrogen) atoms. The topological polar surface area (TPSA) is 52.6 Å². The molecular formula is C25H21BrO4S. The molecule has 0 N–H and O–H groups in total. The van der Waals surface area contributed by atoms with Crippen LogP contribution in [0, 0.1) is 0 Å². The van der Waals surface area contributed by atoms with Crippen LogP contribution in [-0.2, 0) is 4.79 Å². The number of halogens is 1. The Kier molecular flexibility index (Phi) is 8.82. The van der Waals surface area contributed by atoms with E-state index in [-0.39, 0.29) is 5.78 Å². The highest BCUT2D eigenvalue weighted by Gasteiger charge is 2.06. The summed E-state index contributed by atoms with van der Waals surface area (Å²) in [5.74, 6) is 1.39. The summed E-state index contributed by atoms with van der Waals surface area (Å²) in [5.41, 5.74) is 1.68. The second kappa shape index (κ2) is 12.0. The number of benzene rings is 2. The van der Waals surface area contributed by atoms with Crippen molar-refractivity contribution in [3.05, 3.63) is 92.6 Å². The van der Waals surface area contributed by atoms with Crippen LogP contribution in [0.5, 0.6) is 11.5 Å². The molecule has 2 aromatic carbocycles. The van der Waals surface area contributed by atoms with Crippen LogP contribution in [0.2, 0.25) is 0 Å². The van der Waals surface area contributed by atoms with Crippen molar-refractivity contribution in [2.75, 3.05) is 13.2 Å². The molecule has 0 unspecified atom stereocenters. The van der Waals surface area contributed by atoms with Crippen molar-refractivity contribution in [3.63, 3.8) is 0 Å². The zero-order chi connectivity index (χ0) is 21.9. The summed E-state index contributed by atoms with van der Waals surface area (Å²) in [4.78, 5) is 23.5. The molecule has 1 heterocycles. The summed E-state index contributed by atoms with van der Waals surface area (Å²) in [6.45, 7) is 0.943. The molecule has 0 spiro atoms. The quantitative estimate of drug-likeness (QED) is 0.132. The van der Waals surface area contributed by atoms with E-state index in [1.54, 1.807) is 18.2 Å². The van der Waals surface area contributed by atoms with Gasteiger partial charge in [0, 0.05) is 22.0 Å². The molecule has 0 saturated carbocycles. The normalized spacial score (nSPS) is 11.1. The molecule has 0 radical (unpaired) electrons. The Bertz CT molecular complexity index is 1070. The smallest absolute Gasteiger partial charge is 0.195 e. The molecule has 0 aliphatic carbocycles. The first-order chi connectivity index (χ1) is 15.2. The van der Waals surface area contributed by atoms with Gasteiger partial charge in [-0.05, 0) is 60.0 Å². The predicted octanol–water partition coefficient (Wildman–Crippen LogP) is 6.47. The molecule has 4 nitrogen and oxygen atoms in total. The van der Waals surface area contributed by atoms with Crippen LogP contribution in [0.4, 0.5) is 0 Å². The minimum Gasteiger partial charge on any atom is -0.493 e. The van der Waals surface area contributed by atoms with E-state index in [2.05, 4.69) is 15.9 Å². The zero-order valence-electron chi connectivity index (χ0n) is 16.7. The lowest BCUT2D eigenvalue weighted by Gasteiger charge is -2.12. The van der Waals surface area contributed by atoms with Crippen LogP contribution in [0.25, 0.3) is 12.2 Å². The van der Waals surface area contributed by atoms with Crippen LogP contribution in [0.3, 0.4) is 0 Å². The van der Waals surface area contributed by atoms with Gasteiger partial charge in [0.25, 0.3) is 0 Å². The Morgan fingerprint density at radius 2 is 1.71 bits per heavy atom. The Hall–Kier alpha value is -2.96. The van der Waals surface area contributed by atoms with Crippen molar-refractivity contribution >= 4 is 51.5 Å². The number of aldehydes is 1. The number of ether oxygens (including phenoxy) is 2. The maximum Gasteiger partial charge on any atom is 0.195 e. The molecule has 3 rings (SSSR count). The van der Waals surface area contributed by atoms with Crippen LogP contribution in [0.1, 0.15) is 27.2 Å². The first kappa shape index (κ1) is 22.7. The van der Waals surface area contributed by atoms with Crippen LogP contribution < -0.4 is 9.47 Å². The zero-order valence-corrected chi connectivity index (χ0v) is 19.1. The van der Waals surface area contributed by atoms with Crippen LogP contribution >= 0.6 is 27.3 Å². The third-order valence-corrected chi connectivity index (χ3v) is 5.60. The van der Waals surface area contributed by atoms with Gasteiger partial charge in [0.2, 0.25) is 0 Å². The Morgan fingerprint density at radius 3 is 2.45 bits per heavy atom. The first-order valence-electron chi connectivity index (χ1n) is 9.69. The number of para-hydroxylation sites is 1. The van der Waals surface area contributed by atoms with Gasteiger partial charge in [-0.15, -0.1) is 11.3 Å². The largest absolute Gasteiger partial charge is 0.493 e. The van der Waals surface area contributed by atoms with E-state index in [1.807, 2.05) is 60.0 Å². The van der Waals surface area contributed by atoms with E-state index in [1.165, 1.54) is 17.4 Å². The lowest BCUT2D eigenvalue weighted by molar-refractivity contribution is -0.104. The van der Waals surface area contributed by atoms with Gasteiger partial charge >= 0.3 is 0 Å². The summed E-state index contributed by atoms with van der Waals surface area (Å²) in [7, 11) is 0. The van der Waals surface area contributed by atoms with Crippen molar-refractivity contribution in [1.29, 1.82) is 0 Å². The molecular weight excluding hydrogens is 476 g/mol. The van der Waals surface area contributed by atoms with E-state index >= 15 is 0 Å². The molecule has 0 amide bonds. The van der Waals surface area contributed by atoms with Gasteiger partial charge in [0.1, 0.15) is 17.8 Å². The average molecular weight is 497 g/mol. The third-order valence-electron chi connectivity index (χ3n) is 4.23. The number of hydrogen-bond acceptors (Lipinski definition) is 5. The number of allylic oxidation sites excluding steroid dienone is 2. The average Bonchev–Trinajstić information content (AvgIpc) is 3.32. The SMILES string of the molecule is O=C/C=C/c1ccccc1OCCCOc1ccc(Br)cc1/C=C/C(=O)c1cccs1. The Labute approximate surface area is 194 Å². The molecule has 0 fully saturated rings. The van der Waals surface area contributed by atoms with Gasteiger partial charge in [-0.1, -0.05) is 40.2 Å². The lowest BCUT2D eigenvalue weighted by atomic mass is 10.1. The van der Waals surface area contributed by atoms with E-state index in [0.717, 1.165) is 27.6 Å². The molecule has 6 heteroatoms. The number of carbonyl (C=O) groups is 2. The molecule has 0 aliphatic heterocycles. The van der Waals surface area contributed by atoms with E-state index in [4.69, 9.17) is 9.47 Å². The number of carbonyl (C=O) groups excluding carboxylic acids is 2. The van der Waals surface area contributed by atoms with Gasteiger partial charge in [-0.25, -0.2) is 0 Å². The predicted molar refractivity (Wildman–Crippen MR) is 129 cm³/mol. The highest BCUT2D eigenvalue weighted by Crippen LogP contribution is 2.25. The summed E-state index contributed by atoms with van der Waals surface area (Å²) in [6.07, 6.45) is 7.91. The molecule has 0 bridgehead atoms. The molecule has 3 aromatic rings. The molecule has 0 atom stereocenters. The maximum atomic E-state index is 12.2. The summed E-state index contributed by atoms with van der Waals surface area (Å²) >= 11 is 4.89. The van der Waals surface area contributed by atoms with Gasteiger partial charge in [0.15, 0.2) is 5.78 Å². The van der Waals surface area contributed by atoms with E-state index < -0.39 is 0 Å². The molecule has 158 valence electrons. The molecule has 1 aromatic heterocycles. The van der Waals surface area contributed by atoms with Crippen molar-refractivity contribution < 1.29 is 19.1 Å². The van der Waals surface area contributed by atoms with Crippen molar-refractivity contribution in [1.82, 2.24) is 0 Å². The Morgan fingerprint density at radius 1 is 0.935 bits per heavy atom. The fourth-order valence-electron chi connectivity index (χ4n) is 2.76. The standard InChI is InChI=1S/C25H21BrO4S/c26-21-11-13-24(20(18-21)10-12-22(28)25-9-4-17-31-25)30-16-5-15-29-23-8-2-1-6-19(23)7-3-14-27/h1-4,6-14,17-18H,5,15-16H2/b7-3+,12-10+. The van der Waals surface area contributed by atoms with Gasteiger partial charge in [0.05, 0.1) is 18.1 Å². The fraction of sp³-hybridized carbons (Fsp3) is 0.120. The minimum atomic E-state index is -0.0309. The van der Waals surface area contributed by atoms with E-state index in [0.29, 0.717) is 30.3 Å². The number of hydrogen-bond donors (Lipinski definition) is 0. The summed E-state index contributed by atoms with van der Waals surface area (Å²) < 4.78 is 12.7. The van der Waals surface area contributed by atoms with Crippen molar-refractivity contribution in [2.45, 2.75) is 6.42 Å². The number of thiophene rings is 1. The number of rotatable bonds is 11. The van der Waals surface area contributed by atoms with E-state index in [9.17, 15) is 9.59 Å². The summed E-state index contributed by atoms with van der Waals surface area (Å²) in [6, 6.07) is 16.9. The Balaban J connectivity index is 1.55. The molecule has 0 saturated heterocycles. The second-order valence-electron chi connectivity index (χ2n) is 6.44. The van der Waals surface area contributed by atoms with Crippen LogP contribution in [0.15, 0.2) is 76.6 Å². The third kappa shape index (κ3) is 7.05.